The zero-order valence-corrected chi connectivity index (χ0v) is 13.9. The molecule has 0 radical (unpaired) electrons. The Morgan fingerprint density at radius 3 is 2.59 bits per heavy atom. The monoisotopic (exact) mass is 268 g/mol. The summed E-state index contributed by atoms with van der Waals surface area (Å²) < 4.78 is 0. The van der Waals surface area contributed by atoms with Gasteiger partial charge in [-0.15, -0.1) is 0 Å². The van der Waals surface area contributed by atoms with Crippen LogP contribution in [0.5, 0.6) is 0 Å². The first-order valence-corrected chi connectivity index (χ1v) is 5.57. The van der Waals surface area contributed by atoms with Crippen molar-refractivity contribution in [1.29, 1.82) is 0 Å². The van der Waals surface area contributed by atoms with Gasteiger partial charge in [0.25, 0.3) is 0 Å². The second kappa shape index (κ2) is 14.8. The van der Waals surface area contributed by atoms with Crippen LogP contribution >= 0.6 is 0 Å². The van der Waals surface area contributed by atoms with E-state index in [0.717, 1.165) is 0 Å². The number of carboxylic acid groups (broad SMARTS) is 1. The van der Waals surface area contributed by atoms with Crippen molar-refractivity contribution in [3.63, 3.8) is 0 Å². The number of aliphatic hydroxyl groups excluding tert-OH is 1. The molecule has 3 N–H and O–H groups in total. The molecule has 1 unspecified atom stereocenters. The molecule has 5 nitrogen and oxygen atoms in total. The summed E-state index contributed by atoms with van der Waals surface area (Å²) in [7, 11) is 0. The van der Waals surface area contributed by atoms with E-state index in [0.29, 0.717) is 32.6 Å². The number of nitrogens with one attached hydrogen (secondary N) is 2. The number of rotatable bonds is 10. The van der Waals surface area contributed by atoms with Crippen LogP contribution in [0.4, 0.5) is 0 Å². The Hall–Kier alpha value is 0.726. The van der Waals surface area contributed by atoms with Crippen LogP contribution in [0.3, 0.4) is 0 Å². The predicted molar refractivity (Wildman–Crippen MR) is 60.8 cm³/mol. The van der Waals surface area contributed by atoms with E-state index in [-0.39, 0.29) is 63.9 Å². The van der Waals surface area contributed by atoms with Gasteiger partial charge < -0.3 is 25.6 Å². The molecule has 1 atom stereocenters. The molecule has 0 aliphatic carbocycles. The molecule has 0 aliphatic rings. The minimum atomic E-state index is -1.04. The van der Waals surface area contributed by atoms with Crippen LogP contribution in [0.2, 0.25) is 0 Å². The van der Waals surface area contributed by atoms with E-state index in [1.807, 2.05) is 19.1 Å². The van der Waals surface area contributed by atoms with E-state index in [1.165, 1.54) is 0 Å². The van der Waals surface area contributed by atoms with E-state index >= 15 is 0 Å². The summed E-state index contributed by atoms with van der Waals surface area (Å²) >= 11 is 0. The predicted octanol–water partition coefficient (Wildman–Crippen LogP) is -4.36. The molecule has 0 spiro atoms. The summed E-state index contributed by atoms with van der Waals surface area (Å²) in [6, 6.07) is 0. The van der Waals surface area contributed by atoms with Gasteiger partial charge in [-0.2, -0.15) is 0 Å². The Bertz CT molecular complexity index is 213. The smallest absolute Gasteiger partial charge is 0.550 e. The largest absolute Gasteiger partial charge is 1.00 e. The Morgan fingerprint density at radius 2 is 2.00 bits per heavy atom. The molecule has 0 amide bonds. The van der Waals surface area contributed by atoms with Gasteiger partial charge in [-0.3, -0.25) is 0 Å². The zero-order chi connectivity index (χ0) is 12.2. The average molecular weight is 268 g/mol. The van der Waals surface area contributed by atoms with Gasteiger partial charge in [0, 0.05) is 32.1 Å². The van der Waals surface area contributed by atoms with Gasteiger partial charge in [0.2, 0.25) is 0 Å². The van der Waals surface area contributed by atoms with Crippen molar-refractivity contribution in [2.24, 2.45) is 0 Å². The van der Waals surface area contributed by atoms with Crippen molar-refractivity contribution in [2.45, 2.75) is 25.9 Å². The summed E-state index contributed by atoms with van der Waals surface area (Å²) in [4.78, 5) is 10.1. The van der Waals surface area contributed by atoms with Crippen molar-refractivity contribution in [3.8, 4) is 0 Å². The fourth-order valence-electron chi connectivity index (χ4n) is 1.14. The second-order valence-electron chi connectivity index (χ2n) is 3.53. The Balaban J connectivity index is 0. The summed E-state index contributed by atoms with van der Waals surface area (Å²) in [5.74, 6) is -1.04. The number of carbonyl (C=O) groups excluding carboxylic acids is 1. The third-order valence-corrected chi connectivity index (χ3v) is 2.01. The fraction of sp³-hybridized carbons (Fsp3) is 0.727. The van der Waals surface area contributed by atoms with Gasteiger partial charge in [-0.25, -0.2) is 0 Å². The molecule has 17 heavy (non-hydrogen) atoms. The zero-order valence-electron chi connectivity index (χ0n) is 10.7. The van der Waals surface area contributed by atoms with E-state index < -0.39 is 5.97 Å². The molecular weight excluding hydrogens is 247 g/mol. The maximum atomic E-state index is 10.1. The number of hydrogen-bond donors (Lipinski definition) is 3. The van der Waals surface area contributed by atoms with Crippen LogP contribution in [0.1, 0.15) is 19.8 Å². The van der Waals surface area contributed by atoms with Crippen molar-refractivity contribution >= 4 is 5.97 Å². The second-order valence-corrected chi connectivity index (χ2v) is 3.53. The van der Waals surface area contributed by atoms with Crippen molar-refractivity contribution in [1.82, 2.24) is 10.6 Å². The van der Waals surface area contributed by atoms with Crippen LogP contribution in [-0.2, 0) is 4.79 Å². The molecule has 0 fully saturated rings. The maximum Gasteiger partial charge on any atom is 1.00 e. The number of carbonyl (C=O) groups is 1. The quantitative estimate of drug-likeness (QED) is 0.212. The first kappa shape index (κ1) is 20.1. The van der Waals surface area contributed by atoms with Gasteiger partial charge in [0.15, 0.2) is 0 Å². The van der Waals surface area contributed by atoms with Gasteiger partial charge in [0.1, 0.15) is 0 Å². The van der Waals surface area contributed by atoms with Crippen LogP contribution in [0.15, 0.2) is 12.2 Å². The van der Waals surface area contributed by atoms with Crippen LogP contribution in [0, 0.1) is 0 Å². The van der Waals surface area contributed by atoms with E-state index in [2.05, 4.69) is 10.6 Å². The Morgan fingerprint density at radius 1 is 1.35 bits per heavy atom. The number of allylic oxidation sites excluding steroid dienone is 1. The van der Waals surface area contributed by atoms with Gasteiger partial charge in [-0.1, -0.05) is 12.2 Å². The normalized spacial score (nSPS) is 12.4. The summed E-state index contributed by atoms with van der Waals surface area (Å²) in [5.41, 5.74) is 0. The number of aliphatic hydroxyl groups is 1. The minimum Gasteiger partial charge on any atom is -0.550 e. The van der Waals surface area contributed by atoms with Gasteiger partial charge >= 0.3 is 51.4 Å². The standard InChI is InChI=1S/C11H22N2O3.K/c1-2-3-4-10(14)9-13-8-7-12-6-5-11(15)16;/h2-3,10,12-14H,4-9H2,1H3,(H,15,16);/q;+1/p-1/b3-2+;. The number of aliphatic carboxylic acids is 1. The molecule has 0 bridgehead atoms. The number of hydrogen-bond acceptors (Lipinski definition) is 5. The third-order valence-electron chi connectivity index (χ3n) is 2.01. The Labute approximate surface area is 145 Å². The average Bonchev–Trinajstić information content (AvgIpc) is 2.24. The Kier molecular flexibility index (Phi) is 17.4. The molecule has 0 saturated heterocycles. The molecular formula is C11H21KN2O3. The maximum absolute atomic E-state index is 10.1. The summed E-state index contributed by atoms with van der Waals surface area (Å²) in [5, 5.41) is 25.5. The molecule has 0 rings (SSSR count). The first-order valence-electron chi connectivity index (χ1n) is 5.57. The molecule has 0 aromatic carbocycles. The van der Waals surface area contributed by atoms with Crippen LogP contribution in [0.25, 0.3) is 0 Å². The van der Waals surface area contributed by atoms with Crippen molar-refractivity contribution < 1.29 is 66.4 Å². The van der Waals surface area contributed by atoms with Gasteiger partial charge in [-0.05, 0) is 19.8 Å². The van der Waals surface area contributed by atoms with Crippen molar-refractivity contribution in [2.75, 3.05) is 26.2 Å². The number of carboxylic acids is 1. The summed E-state index contributed by atoms with van der Waals surface area (Å²) in [6.45, 7) is 4.28. The third kappa shape index (κ3) is 16.7. The van der Waals surface area contributed by atoms with E-state index in [9.17, 15) is 15.0 Å². The molecule has 0 aliphatic heterocycles. The van der Waals surface area contributed by atoms with Crippen LogP contribution in [-0.4, -0.2) is 43.4 Å². The minimum absolute atomic E-state index is 0. The first-order chi connectivity index (χ1) is 7.66. The van der Waals surface area contributed by atoms with Gasteiger partial charge in [0.05, 0.1) is 6.10 Å². The van der Waals surface area contributed by atoms with E-state index in [1.54, 1.807) is 0 Å². The van der Waals surface area contributed by atoms with E-state index in [4.69, 9.17) is 0 Å². The summed E-state index contributed by atoms with van der Waals surface area (Å²) in [6.07, 6.45) is 4.15. The molecule has 6 heteroatoms. The molecule has 0 aromatic heterocycles. The molecule has 0 saturated carbocycles. The SMILES string of the molecule is C/C=C/CC(O)CNCCNCCC(=O)[O-].[K+]. The molecule has 0 heterocycles. The molecule has 0 aromatic rings. The van der Waals surface area contributed by atoms with Crippen LogP contribution < -0.4 is 67.1 Å². The van der Waals surface area contributed by atoms with Crippen molar-refractivity contribution in [3.05, 3.63) is 12.2 Å². The topological polar surface area (TPSA) is 84.4 Å². The molecule has 94 valence electrons. The fourth-order valence-corrected chi connectivity index (χ4v) is 1.14.